The second-order valence-corrected chi connectivity index (χ2v) is 7.87. The minimum absolute atomic E-state index is 0.0667. The van der Waals surface area contributed by atoms with Crippen LogP contribution in [0.3, 0.4) is 0 Å². The molecule has 0 unspecified atom stereocenters. The number of rotatable bonds is 15. The highest BCUT2D eigenvalue weighted by Crippen LogP contribution is 2.18. The normalized spacial score (nSPS) is 14.5. The molecule has 1 fully saturated rings. The van der Waals surface area contributed by atoms with Crippen LogP contribution in [0.1, 0.15) is 19.3 Å². The molecule has 0 atom stereocenters. The molecule has 188 valence electrons. The molecule has 1 N–H and O–H groups in total. The lowest BCUT2D eigenvalue weighted by molar-refractivity contribution is -0.148. The number of nitrogens with zero attached hydrogens (tertiary/aromatic N) is 3. The largest absolute Gasteiger partial charge is 0.464 e. The monoisotopic (exact) mass is 527 g/mol. The van der Waals surface area contributed by atoms with Gasteiger partial charge < -0.3 is 19.3 Å². The molecule has 0 saturated carbocycles. The van der Waals surface area contributed by atoms with E-state index < -0.39 is 36.3 Å². The summed E-state index contributed by atoms with van der Waals surface area (Å²) in [6.45, 7) is -1.39. The number of carbonyl (C=O) groups excluding carboxylic acids is 5. The molecule has 4 amide bonds. The number of aliphatic hydroxyl groups is 1. The van der Waals surface area contributed by atoms with Crippen molar-refractivity contribution >= 4 is 67.9 Å². The van der Waals surface area contributed by atoms with Crippen LogP contribution < -0.4 is 0 Å². The van der Waals surface area contributed by atoms with Gasteiger partial charge in [-0.15, -0.1) is 0 Å². The average Bonchev–Trinajstić information content (AvgIpc) is 2.76. The Morgan fingerprint density at radius 3 is 1.36 bits per heavy atom. The van der Waals surface area contributed by atoms with Crippen molar-refractivity contribution in [1.29, 1.82) is 0 Å². The van der Waals surface area contributed by atoms with Gasteiger partial charge in [0.15, 0.2) is 0 Å². The summed E-state index contributed by atoms with van der Waals surface area (Å²) in [6, 6.07) is -1.71. The van der Waals surface area contributed by atoms with Crippen molar-refractivity contribution in [2.24, 2.45) is 0 Å². The van der Waals surface area contributed by atoms with Gasteiger partial charge in [-0.25, -0.2) is 14.5 Å². The van der Waals surface area contributed by atoms with Gasteiger partial charge in [-0.05, 0) is 0 Å². The molecule has 0 aromatic rings. The first-order chi connectivity index (χ1) is 15.8. The average molecular weight is 528 g/mol. The van der Waals surface area contributed by atoms with Gasteiger partial charge in [-0.1, -0.05) is 0 Å². The molecular formula is C18H29N3O9S3. The zero-order valence-corrected chi connectivity index (χ0v) is 20.6. The molecule has 0 spiro atoms. The van der Waals surface area contributed by atoms with E-state index in [-0.39, 0.29) is 76.0 Å². The van der Waals surface area contributed by atoms with Gasteiger partial charge in [-0.2, -0.15) is 37.9 Å². The lowest BCUT2D eigenvalue weighted by Crippen LogP contribution is -2.67. The van der Waals surface area contributed by atoms with Crippen LogP contribution in [0.5, 0.6) is 0 Å². The molecule has 1 rings (SSSR count). The molecule has 0 aromatic carbocycles. The molecule has 1 saturated heterocycles. The lowest BCUT2D eigenvalue weighted by Gasteiger charge is -2.44. The van der Waals surface area contributed by atoms with E-state index in [1.165, 1.54) is 0 Å². The van der Waals surface area contributed by atoms with E-state index in [4.69, 9.17) is 14.2 Å². The first kappa shape index (κ1) is 29.2. The fourth-order valence-corrected chi connectivity index (χ4v) is 3.18. The first-order valence-electron chi connectivity index (χ1n) is 10.1. The lowest BCUT2D eigenvalue weighted by atomic mass is 10.4. The quantitative estimate of drug-likeness (QED) is 0.132. The third-order valence-electron chi connectivity index (χ3n) is 4.23. The molecule has 1 aliphatic heterocycles. The van der Waals surface area contributed by atoms with E-state index in [9.17, 15) is 29.1 Å². The van der Waals surface area contributed by atoms with Crippen LogP contribution in [0.15, 0.2) is 0 Å². The summed E-state index contributed by atoms with van der Waals surface area (Å²) in [5.74, 6) is -0.730. The van der Waals surface area contributed by atoms with Crippen LogP contribution in [0, 0.1) is 0 Å². The standard InChI is InChI=1S/C18H29N3O9S3/c22-13(1-10-31)28-7-4-19-16(25)20(5-8-29-14(23)2-11-32)18(27)21(17(19)26)6-9-30-15(24)3-12-33/h16,25,31-33H,1-12H2. The van der Waals surface area contributed by atoms with Crippen molar-refractivity contribution in [3.8, 4) is 0 Å². The smallest absolute Gasteiger partial charge is 0.331 e. The number of hydrogen-bond donors (Lipinski definition) is 4. The van der Waals surface area contributed by atoms with Gasteiger partial charge in [-0.3, -0.25) is 24.2 Å². The Kier molecular flexibility index (Phi) is 14.1. The van der Waals surface area contributed by atoms with Crippen LogP contribution in [0.25, 0.3) is 0 Å². The number of imide groups is 1. The molecule has 12 nitrogen and oxygen atoms in total. The highest BCUT2D eigenvalue weighted by Gasteiger charge is 2.43. The van der Waals surface area contributed by atoms with Crippen LogP contribution >= 0.6 is 37.9 Å². The molecular weight excluding hydrogens is 498 g/mol. The van der Waals surface area contributed by atoms with Crippen molar-refractivity contribution < 1.29 is 43.3 Å². The third kappa shape index (κ3) is 9.90. The van der Waals surface area contributed by atoms with Crippen LogP contribution in [0.4, 0.5) is 9.59 Å². The van der Waals surface area contributed by atoms with E-state index in [1.807, 2.05) is 0 Å². The predicted molar refractivity (Wildman–Crippen MR) is 125 cm³/mol. The molecule has 1 heterocycles. The summed E-state index contributed by atoms with van der Waals surface area (Å²) < 4.78 is 15.0. The van der Waals surface area contributed by atoms with Gasteiger partial charge in [0, 0.05) is 17.3 Å². The second kappa shape index (κ2) is 15.9. The molecule has 0 radical (unpaired) electrons. The van der Waals surface area contributed by atoms with E-state index >= 15 is 0 Å². The zero-order valence-electron chi connectivity index (χ0n) is 18.0. The molecule has 0 aliphatic carbocycles. The number of aliphatic hydroxyl groups excluding tert-OH is 1. The fourth-order valence-electron chi connectivity index (χ4n) is 2.63. The highest BCUT2D eigenvalue weighted by atomic mass is 32.1. The number of ether oxygens (including phenoxy) is 3. The molecule has 0 aromatic heterocycles. The van der Waals surface area contributed by atoms with Gasteiger partial charge in [0.05, 0.1) is 38.9 Å². The first-order valence-corrected chi connectivity index (χ1v) is 12.0. The number of amides is 4. The van der Waals surface area contributed by atoms with Gasteiger partial charge >= 0.3 is 30.0 Å². The summed E-state index contributed by atoms with van der Waals surface area (Å²) >= 11 is 11.8. The Balaban J connectivity index is 2.84. The van der Waals surface area contributed by atoms with Crippen LogP contribution in [0.2, 0.25) is 0 Å². The molecule has 0 bridgehead atoms. The topological polar surface area (TPSA) is 143 Å². The number of thiol groups is 3. The minimum atomic E-state index is -1.68. The van der Waals surface area contributed by atoms with Gasteiger partial charge in [0.1, 0.15) is 19.8 Å². The minimum Gasteiger partial charge on any atom is -0.464 e. The van der Waals surface area contributed by atoms with E-state index in [0.29, 0.717) is 0 Å². The maximum absolute atomic E-state index is 12.8. The third-order valence-corrected chi connectivity index (χ3v) is 4.90. The van der Waals surface area contributed by atoms with E-state index in [2.05, 4.69) is 37.9 Å². The van der Waals surface area contributed by atoms with Crippen molar-refractivity contribution in [2.75, 3.05) is 56.7 Å². The summed E-state index contributed by atoms with van der Waals surface area (Å²) in [4.78, 5) is 62.8. The Morgan fingerprint density at radius 1 is 0.697 bits per heavy atom. The summed E-state index contributed by atoms with van der Waals surface area (Å²) in [5.41, 5.74) is 0. The van der Waals surface area contributed by atoms with Crippen molar-refractivity contribution in [3.05, 3.63) is 0 Å². The summed E-state index contributed by atoms with van der Waals surface area (Å²) in [5, 5.41) is 10.6. The molecule has 1 aliphatic rings. The second-order valence-electron chi connectivity index (χ2n) is 6.53. The zero-order chi connectivity index (χ0) is 24.8. The maximum atomic E-state index is 12.8. The fraction of sp³-hybridized carbons (Fsp3) is 0.722. The Hall–Kier alpha value is -1.84. The Morgan fingerprint density at radius 2 is 1.03 bits per heavy atom. The number of esters is 3. The number of hydrogen-bond acceptors (Lipinski definition) is 12. The van der Waals surface area contributed by atoms with Crippen LogP contribution in [-0.4, -0.2) is 113 Å². The van der Waals surface area contributed by atoms with Crippen molar-refractivity contribution in [2.45, 2.75) is 25.6 Å². The van der Waals surface area contributed by atoms with Gasteiger partial charge in [0.2, 0.25) is 6.35 Å². The number of urea groups is 2. The Bertz CT molecular complexity index is 654. The van der Waals surface area contributed by atoms with E-state index in [0.717, 1.165) is 14.7 Å². The van der Waals surface area contributed by atoms with Crippen LogP contribution in [-0.2, 0) is 28.6 Å². The predicted octanol–water partition coefficient (Wildman–Crippen LogP) is 0.0112. The molecule has 15 heteroatoms. The number of carbonyl (C=O) groups is 5. The highest BCUT2D eigenvalue weighted by molar-refractivity contribution is 7.80. The SMILES string of the molecule is O=C(CCS)OCCN1C(=O)N(CCOC(=O)CCS)C(O)N(CCOC(=O)CCS)C1=O. The molecule has 33 heavy (non-hydrogen) atoms. The Labute approximate surface area is 208 Å². The maximum Gasteiger partial charge on any atom is 0.331 e. The van der Waals surface area contributed by atoms with E-state index in [1.54, 1.807) is 0 Å². The van der Waals surface area contributed by atoms with Crippen molar-refractivity contribution in [3.63, 3.8) is 0 Å². The summed E-state index contributed by atoms with van der Waals surface area (Å²) in [7, 11) is 0. The van der Waals surface area contributed by atoms with Gasteiger partial charge in [0.25, 0.3) is 0 Å². The summed E-state index contributed by atoms with van der Waals surface area (Å²) in [6.07, 6.45) is -1.46. The van der Waals surface area contributed by atoms with Crippen molar-refractivity contribution in [1.82, 2.24) is 14.7 Å².